The average Bonchev–Trinajstić information content (AvgIpc) is 2.40. The van der Waals surface area contributed by atoms with Crippen LogP contribution in [0.4, 0.5) is 5.69 Å². The maximum absolute atomic E-state index is 9.04. The summed E-state index contributed by atoms with van der Waals surface area (Å²) in [6.07, 6.45) is 0. The van der Waals surface area contributed by atoms with E-state index in [1.807, 2.05) is 24.3 Å². The molecule has 1 fully saturated rings. The lowest BCUT2D eigenvalue weighted by molar-refractivity contribution is 0.0368. The Morgan fingerprint density at radius 2 is 2.11 bits per heavy atom. The van der Waals surface area contributed by atoms with Crippen LogP contribution in [-0.2, 0) is 4.74 Å². The van der Waals surface area contributed by atoms with Gasteiger partial charge in [-0.3, -0.25) is 4.90 Å². The Balaban J connectivity index is 1.90. The number of anilines is 1. The number of para-hydroxylation sites is 1. The van der Waals surface area contributed by atoms with E-state index >= 15 is 0 Å². The van der Waals surface area contributed by atoms with Gasteiger partial charge in [0.1, 0.15) is 6.07 Å². The van der Waals surface area contributed by atoms with Gasteiger partial charge in [0.2, 0.25) is 0 Å². The summed E-state index contributed by atoms with van der Waals surface area (Å²) >= 11 is 0. The first kappa shape index (κ1) is 12.9. The lowest BCUT2D eigenvalue weighted by Gasteiger charge is -2.29. The van der Waals surface area contributed by atoms with Gasteiger partial charge in [-0.1, -0.05) is 12.1 Å². The fourth-order valence-electron chi connectivity index (χ4n) is 2.19. The van der Waals surface area contributed by atoms with Gasteiger partial charge in [-0.05, 0) is 19.1 Å². The molecule has 4 nitrogen and oxygen atoms in total. The predicted molar refractivity (Wildman–Crippen MR) is 71.5 cm³/mol. The van der Waals surface area contributed by atoms with Crippen LogP contribution in [0.3, 0.4) is 0 Å². The van der Waals surface area contributed by atoms with Crippen LogP contribution >= 0.6 is 0 Å². The number of ether oxygens (including phenoxy) is 1. The topological polar surface area (TPSA) is 48.3 Å². The minimum absolute atomic E-state index is 0.317. The summed E-state index contributed by atoms with van der Waals surface area (Å²) in [6, 6.07) is 10.1. The molecule has 18 heavy (non-hydrogen) atoms. The third kappa shape index (κ3) is 3.46. The monoisotopic (exact) mass is 245 g/mol. The zero-order chi connectivity index (χ0) is 12.8. The van der Waals surface area contributed by atoms with Gasteiger partial charge >= 0.3 is 0 Å². The van der Waals surface area contributed by atoms with Gasteiger partial charge in [-0.15, -0.1) is 0 Å². The van der Waals surface area contributed by atoms with Crippen molar-refractivity contribution in [2.75, 3.05) is 38.2 Å². The van der Waals surface area contributed by atoms with Crippen molar-refractivity contribution >= 4 is 5.69 Å². The molecular weight excluding hydrogens is 226 g/mol. The number of nitrogens with zero attached hydrogens (tertiary/aromatic N) is 2. The van der Waals surface area contributed by atoms with E-state index in [9.17, 15) is 0 Å². The van der Waals surface area contributed by atoms with E-state index in [1.54, 1.807) is 0 Å². The standard InChI is InChI=1S/C14H19N3O/c1-12(11-17-6-8-18-9-7-17)16-14-5-3-2-4-13(14)10-15/h2-5,12,16H,6-9,11H2,1H3. The van der Waals surface area contributed by atoms with Crippen LogP contribution in [0.5, 0.6) is 0 Å². The minimum atomic E-state index is 0.317. The fraction of sp³-hybridized carbons (Fsp3) is 0.500. The molecule has 96 valence electrons. The highest BCUT2D eigenvalue weighted by atomic mass is 16.5. The molecule has 2 rings (SSSR count). The summed E-state index contributed by atoms with van der Waals surface area (Å²) in [6.45, 7) is 6.74. The van der Waals surface area contributed by atoms with Crippen LogP contribution in [0.25, 0.3) is 0 Å². The second kappa shape index (κ2) is 6.39. The number of nitriles is 1. The quantitative estimate of drug-likeness (QED) is 0.877. The Kier molecular flexibility index (Phi) is 4.57. The molecule has 1 N–H and O–H groups in total. The van der Waals surface area contributed by atoms with Crippen molar-refractivity contribution < 1.29 is 4.74 Å². The molecule has 0 aliphatic carbocycles. The van der Waals surface area contributed by atoms with Crippen molar-refractivity contribution in [3.05, 3.63) is 29.8 Å². The SMILES string of the molecule is CC(CN1CCOCC1)Nc1ccccc1C#N. The lowest BCUT2D eigenvalue weighted by Crippen LogP contribution is -2.42. The summed E-state index contributed by atoms with van der Waals surface area (Å²) in [5.74, 6) is 0. The molecule has 0 saturated carbocycles. The fourth-order valence-corrected chi connectivity index (χ4v) is 2.19. The molecule has 0 amide bonds. The Morgan fingerprint density at radius 1 is 1.39 bits per heavy atom. The molecule has 1 heterocycles. The third-order valence-corrected chi connectivity index (χ3v) is 3.09. The van der Waals surface area contributed by atoms with Crippen LogP contribution in [0.2, 0.25) is 0 Å². The zero-order valence-electron chi connectivity index (χ0n) is 10.7. The molecule has 1 saturated heterocycles. The molecule has 4 heteroatoms. The summed E-state index contributed by atoms with van der Waals surface area (Å²) in [5, 5.41) is 12.4. The number of rotatable bonds is 4. The molecular formula is C14H19N3O. The van der Waals surface area contributed by atoms with Crippen molar-refractivity contribution in [3.63, 3.8) is 0 Å². The molecule has 1 aliphatic heterocycles. The van der Waals surface area contributed by atoms with E-state index in [0.717, 1.165) is 38.5 Å². The smallest absolute Gasteiger partial charge is 0.101 e. The van der Waals surface area contributed by atoms with Gasteiger partial charge in [0.25, 0.3) is 0 Å². The van der Waals surface area contributed by atoms with Gasteiger partial charge < -0.3 is 10.1 Å². The third-order valence-electron chi connectivity index (χ3n) is 3.09. The maximum atomic E-state index is 9.04. The predicted octanol–water partition coefficient (Wildman–Crippen LogP) is 1.69. The molecule has 1 unspecified atom stereocenters. The lowest BCUT2D eigenvalue weighted by atomic mass is 10.1. The second-order valence-electron chi connectivity index (χ2n) is 4.62. The van der Waals surface area contributed by atoms with Gasteiger partial charge in [0.05, 0.1) is 24.5 Å². The molecule has 0 spiro atoms. The van der Waals surface area contributed by atoms with E-state index in [-0.39, 0.29) is 0 Å². The Labute approximate surface area is 108 Å². The molecule has 0 radical (unpaired) electrons. The van der Waals surface area contributed by atoms with Crippen molar-refractivity contribution in [1.29, 1.82) is 5.26 Å². The number of benzene rings is 1. The van der Waals surface area contributed by atoms with Crippen molar-refractivity contribution in [2.24, 2.45) is 0 Å². The number of hydrogen-bond donors (Lipinski definition) is 1. The largest absolute Gasteiger partial charge is 0.380 e. The van der Waals surface area contributed by atoms with E-state index in [4.69, 9.17) is 10.00 Å². The van der Waals surface area contributed by atoms with Gasteiger partial charge in [-0.2, -0.15) is 5.26 Å². The minimum Gasteiger partial charge on any atom is -0.380 e. The first-order valence-corrected chi connectivity index (χ1v) is 6.35. The summed E-state index contributed by atoms with van der Waals surface area (Å²) < 4.78 is 5.33. The Bertz CT molecular complexity index is 421. The number of morpholine rings is 1. The molecule has 1 aromatic rings. The first-order valence-electron chi connectivity index (χ1n) is 6.35. The van der Waals surface area contributed by atoms with Gasteiger partial charge in [-0.25, -0.2) is 0 Å². The Hall–Kier alpha value is -1.57. The summed E-state index contributed by atoms with van der Waals surface area (Å²) in [5.41, 5.74) is 1.62. The zero-order valence-corrected chi connectivity index (χ0v) is 10.7. The van der Waals surface area contributed by atoms with Crippen LogP contribution in [-0.4, -0.2) is 43.8 Å². The van der Waals surface area contributed by atoms with Crippen molar-refractivity contribution in [1.82, 2.24) is 4.90 Å². The Morgan fingerprint density at radius 3 is 2.83 bits per heavy atom. The molecule has 0 bridgehead atoms. The molecule has 1 aromatic carbocycles. The van der Waals surface area contributed by atoms with Crippen molar-refractivity contribution in [2.45, 2.75) is 13.0 Å². The second-order valence-corrected chi connectivity index (χ2v) is 4.62. The van der Waals surface area contributed by atoms with Crippen LogP contribution < -0.4 is 5.32 Å². The van der Waals surface area contributed by atoms with Crippen molar-refractivity contribution in [3.8, 4) is 6.07 Å². The van der Waals surface area contributed by atoms with E-state index < -0.39 is 0 Å². The molecule has 1 aliphatic rings. The molecule has 0 aromatic heterocycles. The van der Waals surface area contributed by atoms with Crippen LogP contribution in [0.1, 0.15) is 12.5 Å². The normalized spacial score (nSPS) is 18.0. The maximum Gasteiger partial charge on any atom is 0.101 e. The average molecular weight is 245 g/mol. The highest BCUT2D eigenvalue weighted by Crippen LogP contribution is 2.15. The first-order chi connectivity index (χ1) is 8.79. The van der Waals surface area contributed by atoms with Gasteiger partial charge in [0.15, 0.2) is 0 Å². The number of nitrogens with one attached hydrogen (secondary N) is 1. The van der Waals surface area contributed by atoms with Crippen LogP contribution in [0.15, 0.2) is 24.3 Å². The summed E-state index contributed by atoms with van der Waals surface area (Å²) in [4.78, 5) is 2.39. The van der Waals surface area contributed by atoms with Crippen LogP contribution in [0, 0.1) is 11.3 Å². The van der Waals surface area contributed by atoms with Gasteiger partial charge in [0, 0.05) is 25.7 Å². The summed E-state index contributed by atoms with van der Waals surface area (Å²) in [7, 11) is 0. The molecule has 1 atom stereocenters. The number of hydrogen-bond acceptors (Lipinski definition) is 4. The highest BCUT2D eigenvalue weighted by Gasteiger charge is 2.14. The highest BCUT2D eigenvalue weighted by molar-refractivity contribution is 5.57. The van der Waals surface area contributed by atoms with E-state index in [0.29, 0.717) is 11.6 Å². The van der Waals surface area contributed by atoms with E-state index in [1.165, 1.54) is 0 Å². The van der Waals surface area contributed by atoms with E-state index in [2.05, 4.69) is 23.2 Å².